The van der Waals surface area contributed by atoms with Crippen LogP contribution in [0.1, 0.15) is 6.92 Å². The predicted octanol–water partition coefficient (Wildman–Crippen LogP) is 2.03. The fraction of sp³-hybridized carbons (Fsp3) is 0.222. The quantitative estimate of drug-likeness (QED) is 0.585. The molecule has 2 rings (SSSR count). The Balaban J connectivity index is 2.41. The zero-order valence-electron chi connectivity index (χ0n) is 7.89. The number of thioether (sulfide) groups is 1. The SMILES string of the molecule is C[C@H]1Sc2cc([N+](=O)[O-])ccc2NC1=O. The van der Waals surface area contributed by atoms with E-state index in [9.17, 15) is 14.9 Å². The molecule has 1 N–H and O–H groups in total. The minimum Gasteiger partial charge on any atom is -0.324 e. The zero-order valence-corrected chi connectivity index (χ0v) is 8.71. The Kier molecular flexibility index (Phi) is 2.36. The third-order valence-corrected chi connectivity index (χ3v) is 3.27. The Morgan fingerprint density at radius 2 is 2.27 bits per heavy atom. The van der Waals surface area contributed by atoms with Crippen LogP contribution < -0.4 is 5.32 Å². The van der Waals surface area contributed by atoms with Gasteiger partial charge in [0.15, 0.2) is 0 Å². The maximum absolute atomic E-state index is 11.3. The average Bonchev–Trinajstić information content (AvgIpc) is 2.19. The van der Waals surface area contributed by atoms with E-state index in [0.717, 1.165) is 4.90 Å². The molecule has 15 heavy (non-hydrogen) atoms. The number of hydrogen-bond donors (Lipinski definition) is 1. The minimum atomic E-state index is -0.443. The fourth-order valence-electron chi connectivity index (χ4n) is 1.30. The number of fused-ring (bicyclic) bond motifs is 1. The highest BCUT2D eigenvalue weighted by molar-refractivity contribution is 8.01. The van der Waals surface area contributed by atoms with E-state index >= 15 is 0 Å². The van der Waals surface area contributed by atoms with Crippen LogP contribution in [0.3, 0.4) is 0 Å². The molecule has 0 radical (unpaired) electrons. The molecule has 0 spiro atoms. The zero-order chi connectivity index (χ0) is 11.0. The number of benzene rings is 1. The van der Waals surface area contributed by atoms with Crippen LogP contribution in [0.25, 0.3) is 0 Å². The van der Waals surface area contributed by atoms with E-state index < -0.39 is 4.92 Å². The highest BCUT2D eigenvalue weighted by Gasteiger charge is 2.24. The molecule has 0 aromatic heterocycles. The molecule has 1 aromatic carbocycles. The minimum absolute atomic E-state index is 0.0459. The summed E-state index contributed by atoms with van der Waals surface area (Å²) in [5, 5.41) is 13.0. The van der Waals surface area contributed by atoms with Crippen molar-refractivity contribution in [1.29, 1.82) is 0 Å². The molecule has 0 bridgehead atoms. The van der Waals surface area contributed by atoms with Crippen LogP contribution in [0.15, 0.2) is 23.1 Å². The molecule has 1 amide bonds. The van der Waals surface area contributed by atoms with E-state index in [-0.39, 0.29) is 16.8 Å². The van der Waals surface area contributed by atoms with Crippen molar-refractivity contribution >= 4 is 29.0 Å². The first-order valence-electron chi connectivity index (χ1n) is 4.34. The Labute approximate surface area is 90.0 Å². The standard InChI is InChI=1S/C9H8N2O3S/c1-5-9(12)10-7-3-2-6(11(13)14)4-8(7)15-5/h2-5H,1H3,(H,10,12)/t5-/m1/s1. The van der Waals surface area contributed by atoms with Crippen LogP contribution in [0, 0.1) is 10.1 Å². The summed E-state index contributed by atoms with van der Waals surface area (Å²) in [5.41, 5.74) is 0.693. The number of carbonyl (C=O) groups is 1. The number of amides is 1. The second-order valence-electron chi connectivity index (χ2n) is 3.19. The van der Waals surface area contributed by atoms with Gasteiger partial charge in [-0.25, -0.2) is 0 Å². The van der Waals surface area contributed by atoms with Gasteiger partial charge in [-0.3, -0.25) is 14.9 Å². The van der Waals surface area contributed by atoms with Crippen LogP contribution in [-0.4, -0.2) is 16.1 Å². The molecular formula is C9H8N2O3S. The molecule has 1 aliphatic heterocycles. The average molecular weight is 224 g/mol. The van der Waals surface area contributed by atoms with E-state index in [0.29, 0.717) is 5.69 Å². The largest absolute Gasteiger partial charge is 0.324 e. The Morgan fingerprint density at radius 3 is 2.93 bits per heavy atom. The summed E-state index contributed by atoms with van der Waals surface area (Å²) >= 11 is 1.34. The van der Waals surface area contributed by atoms with E-state index in [1.54, 1.807) is 13.0 Å². The van der Waals surface area contributed by atoms with Crippen molar-refractivity contribution in [3.05, 3.63) is 28.3 Å². The Morgan fingerprint density at radius 1 is 1.53 bits per heavy atom. The van der Waals surface area contributed by atoms with Crippen molar-refractivity contribution in [2.75, 3.05) is 5.32 Å². The molecular weight excluding hydrogens is 216 g/mol. The second-order valence-corrected chi connectivity index (χ2v) is 4.57. The number of hydrogen-bond acceptors (Lipinski definition) is 4. The van der Waals surface area contributed by atoms with Gasteiger partial charge in [-0.05, 0) is 13.0 Å². The molecule has 78 valence electrons. The van der Waals surface area contributed by atoms with Crippen molar-refractivity contribution < 1.29 is 9.72 Å². The lowest BCUT2D eigenvalue weighted by Gasteiger charge is -2.20. The van der Waals surface area contributed by atoms with E-state index in [2.05, 4.69) is 5.32 Å². The summed E-state index contributed by atoms with van der Waals surface area (Å²) in [4.78, 5) is 22.2. The second kappa shape index (κ2) is 3.54. The van der Waals surface area contributed by atoms with Gasteiger partial charge in [0.1, 0.15) is 0 Å². The fourth-order valence-corrected chi connectivity index (χ4v) is 2.29. The number of nitrogens with zero attached hydrogens (tertiary/aromatic N) is 1. The lowest BCUT2D eigenvalue weighted by molar-refractivity contribution is -0.385. The van der Waals surface area contributed by atoms with Crippen LogP contribution >= 0.6 is 11.8 Å². The van der Waals surface area contributed by atoms with Crippen molar-refractivity contribution in [3.8, 4) is 0 Å². The summed E-state index contributed by atoms with van der Waals surface area (Å²) in [6.07, 6.45) is 0. The Hall–Kier alpha value is -1.56. The van der Waals surface area contributed by atoms with Crippen LogP contribution in [0.2, 0.25) is 0 Å². The van der Waals surface area contributed by atoms with Gasteiger partial charge in [-0.1, -0.05) is 0 Å². The normalized spacial score (nSPS) is 19.3. The molecule has 0 saturated heterocycles. The van der Waals surface area contributed by atoms with Gasteiger partial charge >= 0.3 is 0 Å². The van der Waals surface area contributed by atoms with E-state index in [4.69, 9.17) is 0 Å². The third kappa shape index (κ3) is 1.80. The lowest BCUT2D eigenvalue weighted by Crippen LogP contribution is -2.26. The van der Waals surface area contributed by atoms with Gasteiger partial charge in [0.05, 0.1) is 15.9 Å². The molecule has 1 atom stereocenters. The predicted molar refractivity (Wildman–Crippen MR) is 57.0 cm³/mol. The number of rotatable bonds is 1. The number of non-ortho nitro benzene ring substituents is 1. The van der Waals surface area contributed by atoms with Gasteiger partial charge in [0.25, 0.3) is 5.69 Å². The molecule has 0 saturated carbocycles. The molecule has 1 aliphatic rings. The molecule has 6 heteroatoms. The third-order valence-electron chi connectivity index (χ3n) is 2.11. The number of nitro groups is 1. The van der Waals surface area contributed by atoms with E-state index in [1.165, 1.54) is 23.9 Å². The Bertz CT molecular complexity index is 447. The lowest BCUT2D eigenvalue weighted by atomic mass is 10.2. The molecule has 0 fully saturated rings. The van der Waals surface area contributed by atoms with Crippen molar-refractivity contribution in [2.45, 2.75) is 17.1 Å². The van der Waals surface area contributed by atoms with Crippen LogP contribution in [0.5, 0.6) is 0 Å². The molecule has 5 nitrogen and oxygen atoms in total. The van der Waals surface area contributed by atoms with Crippen molar-refractivity contribution in [2.24, 2.45) is 0 Å². The van der Waals surface area contributed by atoms with Crippen molar-refractivity contribution in [1.82, 2.24) is 0 Å². The number of carbonyl (C=O) groups excluding carboxylic acids is 1. The number of anilines is 1. The van der Waals surface area contributed by atoms with Crippen molar-refractivity contribution in [3.63, 3.8) is 0 Å². The van der Waals surface area contributed by atoms with Gasteiger partial charge in [0.2, 0.25) is 5.91 Å². The van der Waals surface area contributed by atoms with Crippen LogP contribution in [-0.2, 0) is 4.79 Å². The summed E-state index contributed by atoms with van der Waals surface area (Å²) in [5.74, 6) is -0.0682. The number of nitrogens with one attached hydrogen (secondary N) is 1. The van der Waals surface area contributed by atoms with Gasteiger partial charge in [0, 0.05) is 17.0 Å². The molecule has 1 heterocycles. The molecule has 1 aromatic rings. The number of nitro benzene ring substituents is 1. The van der Waals surface area contributed by atoms with Crippen LogP contribution in [0.4, 0.5) is 11.4 Å². The van der Waals surface area contributed by atoms with Gasteiger partial charge in [-0.15, -0.1) is 11.8 Å². The molecule has 0 unspecified atom stereocenters. The maximum Gasteiger partial charge on any atom is 0.270 e. The first kappa shape index (κ1) is 9.97. The maximum atomic E-state index is 11.3. The molecule has 0 aliphatic carbocycles. The summed E-state index contributed by atoms with van der Waals surface area (Å²) in [6, 6.07) is 4.43. The highest BCUT2D eigenvalue weighted by atomic mass is 32.2. The highest BCUT2D eigenvalue weighted by Crippen LogP contribution is 2.37. The van der Waals surface area contributed by atoms with Gasteiger partial charge < -0.3 is 5.32 Å². The smallest absolute Gasteiger partial charge is 0.270 e. The monoisotopic (exact) mass is 224 g/mol. The first-order chi connectivity index (χ1) is 7.08. The first-order valence-corrected chi connectivity index (χ1v) is 5.22. The van der Waals surface area contributed by atoms with E-state index in [1.807, 2.05) is 0 Å². The summed E-state index contributed by atoms with van der Waals surface area (Å²) in [7, 11) is 0. The summed E-state index contributed by atoms with van der Waals surface area (Å²) < 4.78 is 0. The van der Waals surface area contributed by atoms with Gasteiger partial charge in [-0.2, -0.15) is 0 Å². The topological polar surface area (TPSA) is 72.2 Å². The summed E-state index contributed by atoms with van der Waals surface area (Å²) in [6.45, 7) is 1.77.